The number of imide groups is 1. The van der Waals surface area contributed by atoms with Crippen molar-refractivity contribution in [3.63, 3.8) is 0 Å². The predicted octanol–water partition coefficient (Wildman–Crippen LogP) is 6.19. The van der Waals surface area contributed by atoms with E-state index in [9.17, 15) is 14.4 Å². The van der Waals surface area contributed by atoms with E-state index in [0.29, 0.717) is 27.8 Å². The first-order valence-electron chi connectivity index (χ1n) is 8.50. The maximum absolute atomic E-state index is 12.7. The van der Waals surface area contributed by atoms with Gasteiger partial charge in [-0.2, -0.15) is 0 Å². The molecule has 1 saturated heterocycles. The molecule has 2 aromatic carbocycles. The van der Waals surface area contributed by atoms with Gasteiger partial charge in [0.1, 0.15) is 11.5 Å². The van der Waals surface area contributed by atoms with Crippen LogP contribution >= 0.6 is 35.0 Å². The molecule has 0 atom stereocenters. The van der Waals surface area contributed by atoms with Gasteiger partial charge in [-0.05, 0) is 60.3 Å². The van der Waals surface area contributed by atoms with Gasteiger partial charge in [-0.3, -0.25) is 9.59 Å². The minimum atomic E-state index is -1.12. The molecule has 30 heavy (non-hydrogen) atoms. The normalized spacial score (nSPS) is 15.3. The summed E-state index contributed by atoms with van der Waals surface area (Å²) >= 11 is 12.7. The summed E-state index contributed by atoms with van der Waals surface area (Å²) in [5.41, 5.74) is 1.00. The zero-order valence-electron chi connectivity index (χ0n) is 15.0. The van der Waals surface area contributed by atoms with Gasteiger partial charge in [-0.15, -0.1) is 0 Å². The lowest BCUT2D eigenvalue weighted by Crippen LogP contribution is -2.27. The van der Waals surface area contributed by atoms with Crippen molar-refractivity contribution in [2.75, 3.05) is 4.90 Å². The molecule has 1 aliphatic heterocycles. The van der Waals surface area contributed by atoms with Gasteiger partial charge >= 0.3 is 5.97 Å². The molecule has 2 heterocycles. The highest BCUT2D eigenvalue weighted by molar-refractivity contribution is 8.19. The van der Waals surface area contributed by atoms with Crippen LogP contribution in [0.2, 0.25) is 10.0 Å². The third-order valence-electron chi connectivity index (χ3n) is 4.26. The third kappa shape index (κ3) is 3.87. The number of aromatic carboxylic acids is 1. The smallest absolute Gasteiger partial charge is 0.337 e. The van der Waals surface area contributed by atoms with Crippen molar-refractivity contribution in [2.45, 2.75) is 0 Å². The van der Waals surface area contributed by atoms with Crippen molar-refractivity contribution in [1.29, 1.82) is 0 Å². The van der Waals surface area contributed by atoms with E-state index in [0.717, 1.165) is 16.7 Å². The number of carbonyl (C=O) groups excluding carboxylic acids is 2. The molecule has 4 rings (SSSR count). The van der Waals surface area contributed by atoms with Gasteiger partial charge in [0.15, 0.2) is 0 Å². The number of furan rings is 1. The molecule has 1 aromatic heterocycles. The Labute approximate surface area is 184 Å². The number of hydrogen-bond donors (Lipinski definition) is 1. The Morgan fingerprint density at radius 1 is 1.03 bits per heavy atom. The summed E-state index contributed by atoms with van der Waals surface area (Å²) in [5.74, 6) is -0.774. The second kappa shape index (κ2) is 8.02. The highest BCUT2D eigenvalue weighted by atomic mass is 35.5. The van der Waals surface area contributed by atoms with Gasteiger partial charge in [0.2, 0.25) is 0 Å². The van der Waals surface area contributed by atoms with Crippen molar-refractivity contribution in [1.82, 2.24) is 0 Å². The summed E-state index contributed by atoms with van der Waals surface area (Å²) in [7, 11) is 0. The van der Waals surface area contributed by atoms with E-state index in [-0.39, 0.29) is 15.5 Å². The number of halogens is 2. The summed E-state index contributed by atoms with van der Waals surface area (Å²) < 4.78 is 5.73. The van der Waals surface area contributed by atoms with Crippen LogP contribution in [0.25, 0.3) is 17.4 Å². The van der Waals surface area contributed by atoms with E-state index in [1.165, 1.54) is 18.2 Å². The van der Waals surface area contributed by atoms with Crippen LogP contribution in [0.3, 0.4) is 0 Å². The SMILES string of the molecule is O=C(O)c1ccc(-c2ccc(C=C3SC(=O)N(c4ccc(Cl)cc4)C3=O)o2)cc1Cl. The molecule has 6 nitrogen and oxygen atoms in total. The Morgan fingerprint density at radius 3 is 2.43 bits per heavy atom. The van der Waals surface area contributed by atoms with Gasteiger partial charge in [0.25, 0.3) is 11.1 Å². The fourth-order valence-electron chi connectivity index (χ4n) is 2.84. The molecule has 150 valence electrons. The second-order valence-corrected chi connectivity index (χ2v) is 8.03. The summed E-state index contributed by atoms with van der Waals surface area (Å²) in [4.78, 5) is 37.4. The molecule has 0 radical (unpaired) electrons. The fraction of sp³-hybridized carbons (Fsp3) is 0. The first-order chi connectivity index (χ1) is 14.3. The predicted molar refractivity (Wildman–Crippen MR) is 116 cm³/mol. The van der Waals surface area contributed by atoms with Crippen molar-refractivity contribution in [3.05, 3.63) is 80.9 Å². The lowest BCUT2D eigenvalue weighted by atomic mass is 10.1. The minimum Gasteiger partial charge on any atom is -0.478 e. The number of carboxylic acid groups (broad SMARTS) is 1. The number of thioether (sulfide) groups is 1. The van der Waals surface area contributed by atoms with E-state index in [4.69, 9.17) is 32.7 Å². The number of benzene rings is 2. The molecule has 0 saturated carbocycles. The molecule has 2 amide bonds. The van der Waals surface area contributed by atoms with Crippen LogP contribution in [0.15, 0.2) is 63.9 Å². The van der Waals surface area contributed by atoms with Crippen LogP contribution in [0.5, 0.6) is 0 Å². The van der Waals surface area contributed by atoms with Gasteiger partial charge in [-0.25, -0.2) is 9.69 Å². The maximum Gasteiger partial charge on any atom is 0.337 e. The Kier molecular flexibility index (Phi) is 5.42. The largest absolute Gasteiger partial charge is 0.478 e. The monoisotopic (exact) mass is 459 g/mol. The van der Waals surface area contributed by atoms with Crippen LogP contribution in [-0.4, -0.2) is 22.2 Å². The highest BCUT2D eigenvalue weighted by Crippen LogP contribution is 2.37. The molecular formula is C21H11Cl2NO5S. The lowest BCUT2D eigenvalue weighted by molar-refractivity contribution is -0.113. The first-order valence-corrected chi connectivity index (χ1v) is 10.1. The van der Waals surface area contributed by atoms with E-state index in [1.807, 2.05) is 0 Å². The summed E-state index contributed by atoms with van der Waals surface area (Å²) in [6.45, 7) is 0. The van der Waals surface area contributed by atoms with Crippen molar-refractivity contribution < 1.29 is 23.9 Å². The van der Waals surface area contributed by atoms with Crippen LogP contribution in [0, 0.1) is 0 Å². The third-order valence-corrected chi connectivity index (χ3v) is 5.70. The van der Waals surface area contributed by atoms with E-state index >= 15 is 0 Å². The van der Waals surface area contributed by atoms with Gasteiger partial charge in [0.05, 0.1) is 21.2 Å². The molecule has 0 spiro atoms. The maximum atomic E-state index is 12.7. The molecule has 0 bridgehead atoms. The highest BCUT2D eigenvalue weighted by Gasteiger charge is 2.36. The number of carbonyl (C=O) groups is 3. The molecule has 3 aromatic rings. The van der Waals surface area contributed by atoms with E-state index < -0.39 is 17.1 Å². The first kappa shape index (κ1) is 20.3. The molecular weight excluding hydrogens is 449 g/mol. The topological polar surface area (TPSA) is 87.8 Å². The average Bonchev–Trinajstić information content (AvgIpc) is 3.27. The quantitative estimate of drug-likeness (QED) is 0.467. The van der Waals surface area contributed by atoms with E-state index in [2.05, 4.69) is 0 Å². The molecule has 9 heteroatoms. The van der Waals surface area contributed by atoms with Crippen LogP contribution in [0.4, 0.5) is 10.5 Å². The number of hydrogen-bond acceptors (Lipinski definition) is 5. The second-order valence-electron chi connectivity index (χ2n) is 6.20. The van der Waals surface area contributed by atoms with Gasteiger partial charge in [0, 0.05) is 16.7 Å². The van der Waals surface area contributed by atoms with Gasteiger partial charge < -0.3 is 9.52 Å². The molecule has 1 N–H and O–H groups in total. The van der Waals surface area contributed by atoms with E-state index in [1.54, 1.807) is 42.5 Å². The molecule has 0 aliphatic carbocycles. The van der Waals surface area contributed by atoms with Crippen LogP contribution < -0.4 is 4.90 Å². The average molecular weight is 460 g/mol. The summed E-state index contributed by atoms with van der Waals surface area (Å²) in [5, 5.41) is 9.23. The molecule has 1 aliphatic rings. The zero-order valence-corrected chi connectivity index (χ0v) is 17.3. The summed E-state index contributed by atoms with van der Waals surface area (Å²) in [6, 6.07) is 14.2. The molecule has 1 fully saturated rings. The standard InChI is InChI=1S/C21H11Cl2NO5S/c22-12-2-4-13(5-3-12)24-19(25)18(30-21(24)28)10-14-6-8-17(29-14)11-1-7-15(20(26)27)16(23)9-11/h1-10H,(H,26,27). The Hall–Kier alpha value is -3.00. The molecule has 0 unspecified atom stereocenters. The van der Waals surface area contributed by atoms with Crippen LogP contribution in [0.1, 0.15) is 16.1 Å². The lowest BCUT2D eigenvalue weighted by Gasteiger charge is -2.11. The number of nitrogens with zero attached hydrogens (tertiary/aromatic N) is 1. The minimum absolute atomic E-state index is 0.0110. The number of rotatable bonds is 4. The number of anilines is 1. The summed E-state index contributed by atoms with van der Waals surface area (Å²) in [6.07, 6.45) is 1.48. The fourth-order valence-corrected chi connectivity index (χ4v) is 4.05. The van der Waals surface area contributed by atoms with Crippen LogP contribution in [-0.2, 0) is 4.79 Å². The Morgan fingerprint density at radius 2 is 1.77 bits per heavy atom. The Balaban J connectivity index is 1.59. The zero-order chi connectivity index (χ0) is 21.4. The van der Waals surface area contributed by atoms with Gasteiger partial charge in [-0.1, -0.05) is 29.3 Å². The van der Waals surface area contributed by atoms with Crippen molar-refractivity contribution in [2.24, 2.45) is 0 Å². The number of carboxylic acids is 1. The van der Waals surface area contributed by atoms with Crippen molar-refractivity contribution >= 4 is 63.8 Å². The number of amides is 2. The Bertz CT molecular complexity index is 1220. The van der Waals surface area contributed by atoms with Crippen molar-refractivity contribution in [3.8, 4) is 11.3 Å².